The lowest BCUT2D eigenvalue weighted by molar-refractivity contribution is 0.181. The van der Waals surface area contributed by atoms with E-state index in [1.165, 1.54) is 0 Å². The van der Waals surface area contributed by atoms with Crippen LogP contribution < -0.4 is 24.3 Å². The quantitative estimate of drug-likeness (QED) is 0.571. The molecule has 0 aliphatic carbocycles. The minimum atomic E-state index is -0.329. The molecular weight excluding hydrogens is 422 g/mol. The number of fused-ring (bicyclic) bond motifs is 1. The summed E-state index contributed by atoms with van der Waals surface area (Å²) in [5.74, 6) is 2.37. The summed E-state index contributed by atoms with van der Waals surface area (Å²) in [5.41, 5.74) is 2.58. The summed E-state index contributed by atoms with van der Waals surface area (Å²) in [6.45, 7) is 3.78. The molecule has 0 saturated heterocycles. The topological polar surface area (TPSA) is 74.2 Å². The van der Waals surface area contributed by atoms with Gasteiger partial charge in [0.15, 0.2) is 11.5 Å². The Hall–Kier alpha value is -3.81. The Kier molecular flexibility index (Phi) is 6.63. The Morgan fingerprint density at radius 3 is 2.30 bits per heavy atom. The highest BCUT2D eigenvalue weighted by molar-refractivity contribution is 5.90. The second-order valence-corrected chi connectivity index (χ2v) is 7.57. The zero-order valence-corrected chi connectivity index (χ0v) is 19.3. The molecule has 33 heavy (non-hydrogen) atoms. The molecule has 1 aliphatic rings. The molecule has 1 aromatic heterocycles. The van der Waals surface area contributed by atoms with E-state index in [4.69, 9.17) is 18.9 Å². The van der Waals surface area contributed by atoms with Gasteiger partial charge in [-0.2, -0.15) is 0 Å². The van der Waals surface area contributed by atoms with Gasteiger partial charge in [0.05, 0.1) is 34.0 Å². The van der Waals surface area contributed by atoms with Crippen LogP contribution in [-0.2, 0) is 6.54 Å². The van der Waals surface area contributed by atoms with E-state index in [-0.39, 0.29) is 12.1 Å². The molecule has 0 bridgehead atoms. The van der Waals surface area contributed by atoms with Crippen molar-refractivity contribution in [1.82, 2.24) is 9.47 Å². The predicted octanol–water partition coefficient (Wildman–Crippen LogP) is 4.55. The molecular formula is C25H29N3O5. The van der Waals surface area contributed by atoms with E-state index in [1.807, 2.05) is 66.6 Å². The second-order valence-electron chi connectivity index (χ2n) is 7.57. The van der Waals surface area contributed by atoms with Gasteiger partial charge in [0.1, 0.15) is 5.75 Å². The van der Waals surface area contributed by atoms with Gasteiger partial charge in [-0.3, -0.25) is 0 Å². The molecule has 3 aromatic rings. The van der Waals surface area contributed by atoms with Crippen molar-refractivity contribution in [3.63, 3.8) is 0 Å². The van der Waals surface area contributed by atoms with Crippen LogP contribution in [0.25, 0.3) is 0 Å². The average molecular weight is 452 g/mol. The Balaban J connectivity index is 1.69. The van der Waals surface area contributed by atoms with Crippen molar-refractivity contribution in [1.29, 1.82) is 0 Å². The number of urea groups is 1. The molecule has 8 heteroatoms. The molecule has 4 rings (SSSR count). The fourth-order valence-electron chi connectivity index (χ4n) is 4.21. The van der Waals surface area contributed by atoms with Crippen LogP contribution in [0, 0.1) is 0 Å². The molecule has 0 fully saturated rings. The molecule has 2 aromatic carbocycles. The van der Waals surface area contributed by atoms with E-state index in [9.17, 15) is 4.79 Å². The van der Waals surface area contributed by atoms with Crippen LogP contribution >= 0.6 is 0 Å². The number of hydrogen-bond acceptors (Lipinski definition) is 5. The van der Waals surface area contributed by atoms with Crippen molar-refractivity contribution >= 4 is 11.7 Å². The number of carbonyl (C=O) groups excluding carboxylic acids is 1. The molecule has 1 N–H and O–H groups in total. The Morgan fingerprint density at radius 1 is 1.00 bits per heavy atom. The van der Waals surface area contributed by atoms with Crippen molar-refractivity contribution in [3.8, 4) is 23.0 Å². The summed E-state index contributed by atoms with van der Waals surface area (Å²) in [6.07, 6.45) is 2.03. The van der Waals surface area contributed by atoms with Crippen LogP contribution in [-0.4, -0.2) is 50.0 Å². The molecule has 1 aliphatic heterocycles. The van der Waals surface area contributed by atoms with E-state index in [0.29, 0.717) is 42.6 Å². The summed E-state index contributed by atoms with van der Waals surface area (Å²) >= 11 is 0. The maximum atomic E-state index is 13.4. The van der Waals surface area contributed by atoms with Gasteiger partial charge in [0.2, 0.25) is 5.75 Å². The molecule has 0 unspecified atom stereocenters. The number of aromatic nitrogens is 1. The molecule has 8 nitrogen and oxygen atoms in total. The van der Waals surface area contributed by atoms with Crippen molar-refractivity contribution in [2.24, 2.45) is 0 Å². The zero-order valence-electron chi connectivity index (χ0n) is 19.3. The first kappa shape index (κ1) is 22.4. The van der Waals surface area contributed by atoms with Gasteiger partial charge in [0.25, 0.3) is 0 Å². The average Bonchev–Trinajstić information content (AvgIpc) is 3.32. The van der Waals surface area contributed by atoms with Crippen LogP contribution in [0.2, 0.25) is 0 Å². The number of hydrogen-bond donors (Lipinski definition) is 1. The number of nitrogens with zero attached hydrogens (tertiary/aromatic N) is 2. The molecule has 1 atom stereocenters. The standard InChI is InChI=1S/C25H29N3O5/c1-5-33-19-10-8-18(9-11-19)26-25(29)28-14-13-27-12-6-7-20(27)23(28)17-15-21(30-2)24(32-4)22(16-17)31-3/h6-12,15-16,23H,5,13-14H2,1-4H3,(H,26,29)/t23-/m0/s1. The summed E-state index contributed by atoms with van der Waals surface area (Å²) < 4.78 is 24.2. The normalized spacial score (nSPS) is 14.9. The largest absolute Gasteiger partial charge is 0.494 e. The van der Waals surface area contributed by atoms with Crippen LogP contribution in [0.4, 0.5) is 10.5 Å². The van der Waals surface area contributed by atoms with Gasteiger partial charge in [-0.25, -0.2) is 4.79 Å². The number of methoxy groups -OCH3 is 3. The number of carbonyl (C=O) groups is 1. The van der Waals surface area contributed by atoms with E-state index >= 15 is 0 Å². The molecule has 2 amide bonds. The second kappa shape index (κ2) is 9.77. The molecule has 2 heterocycles. The lowest BCUT2D eigenvalue weighted by atomic mass is 9.99. The van der Waals surface area contributed by atoms with Crippen molar-refractivity contribution in [2.75, 3.05) is 39.8 Å². The van der Waals surface area contributed by atoms with Gasteiger partial charge in [-0.1, -0.05) is 0 Å². The van der Waals surface area contributed by atoms with Gasteiger partial charge in [0, 0.05) is 30.7 Å². The number of nitrogens with one attached hydrogen (secondary N) is 1. The first-order valence-corrected chi connectivity index (χ1v) is 10.8. The third-order valence-corrected chi connectivity index (χ3v) is 5.72. The van der Waals surface area contributed by atoms with Crippen molar-refractivity contribution in [3.05, 3.63) is 66.0 Å². The van der Waals surface area contributed by atoms with Gasteiger partial charge in [-0.05, 0) is 61.0 Å². The Labute approximate surface area is 193 Å². The minimum absolute atomic E-state index is 0.189. The van der Waals surface area contributed by atoms with E-state index < -0.39 is 0 Å². The highest BCUT2D eigenvalue weighted by Gasteiger charge is 2.33. The number of rotatable bonds is 7. The minimum Gasteiger partial charge on any atom is -0.494 e. The third kappa shape index (κ3) is 4.41. The van der Waals surface area contributed by atoms with Crippen molar-refractivity contribution < 1.29 is 23.7 Å². The third-order valence-electron chi connectivity index (χ3n) is 5.72. The highest BCUT2D eigenvalue weighted by atomic mass is 16.5. The van der Waals surface area contributed by atoms with Crippen LogP contribution in [0.1, 0.15) is 24.2 Å². The first-order chi connectivity index (χ1) is 16.1. The fraction of sp³-hybridized carbons (Fsp3) is 0.320. The summed E-state index contributed by atoms with van der Waals surface area (Å²) in [5, 5.41) is 3.02. The lowest BCUT2D eigenvalue weighted by Crippen LogP contribution is -2.44. The molecule has 174 valence electrons. The molecule has 0 saturated carbocycles. The Morgan fingerprint density at radius 2 is 1.70 bits per heavy atom. The van der Waals surface area contributed by atoms with Gasteiger partial charge in [-0.15, -0.1) is 0 Å². The predicted molar refractivity (Wildman–Crippen MR) is 126 cm³/mol. The molecule has 0 spiro atoms. The van der Waals surface area contributed by atoms with Crippen LogP contribution in [0.5, 0.6) is 23.0 Å². The maximum Gasteiger partial charge on any atom is 0.322 e. The number of anilines is 1. The monoisotopic (exact) mass is 451 g/mol. The van der Waals surface area contributed by atoms with Crippen LogP contribution in [0.15, 0.2) is 54.7 Å². The summed E-state index contributed by atoms with van der Waals surface area (Å²) in [4.78, 5) is 15.2. The molecule has 0 radical (unpaired) electrons. The number of benzene rings is 2. The van der Waals surface area contributed by atoms with Gasteiger partial charge >= 0.3 is 6.03 Å². The van der Waals surface area contributed by atoms with Crippen molar-refractivity contribution in [2.45, 2.75) is 19.5 Å². The van der Waals surface area contributed by atoms with Crippen LogP contribution in [0.3, 0.4) is 0 Å². The lowest BCUT2D eigenvalue weighted by Gasteiger charge is -2.37. The number of ether oxygens (including phenoxy) is 4. The maximum absolute atomic E-state index is 13.4. The van der Waals surface area contributed by atoms with E-state index in [0.717, 1.165) is 17.0 Å². The Bertz CT molecular complexity index is 1080. The summed E-state index contributed by atoms with van der Waals surface area (Å²) in [6, 6.07) is 14.7. The summed E-state index contributed by atoms with van der Waals surface area (Å²) in [7, 11) is 4.74. The van der Waals surface area contributed by atoms with E-state index in [2.05, 4.69) is 9.88 Å². The SMILES string of the molecule is CCOc1ccc(NC(=O)N2CCn3cccc3[C@@H]2c2cc(OC)c(OC)c(OC)c2)cc1. The fourth-order valence-corrected chi connectivity index (χ4v) is 4.21. The smallest absolute Gasteiger partial charge is 0.322 e. The first-order valence-electron chi connectivity index (χ1n) is 10.8. The van der Waals surface area contributed by atoms with Gasteiger partial charge < -0.3 is 33.7 Å². The highest BCUT2D eigenvalue weighted by Crippen LogP contribution is 2.43. The van der Waals surface area contributed by atoms with E-state index in [1.54, 1.807) is 21.3 Å². The zero-order chi connectivity index (χ0) is 23.4. The number of amides is 2.